The summed E-state index contributed by atoms with van der Waals surface area (Å²) < 4.78 is 15.1. The zero-order valence-electron chi connectivity index (χ0n) is 23.3. The summed E-state index contributed by atoms with van der Waals surface area (Å²) in [6.07, 6.45) is 0.192. The Bertz CT molecular complexity index is 1340. The molecule has 1 aromatic carbocycles. The van der Waals surface area contributed by atoms with Crippen molar-refractivity contribution in [1.82, 2.24) is 24.6 Å². The standard InChI is InChI=1S/C26H34BrCl2N5O4Si/c1-15-21(22-19(27)12-30-34(22)6)31-24(32-23(15)29)18-11-16(9-10-20(18)28)37-14-17(13-33(5)25(35)36)38-39(7,8)26(2,3)4/h9-12,17H,13-14H2,1-8H3,(H,35,36)/t17-/m1/s1. The minimum absolute atomic E-state index is 0.0525. The van der Waals surface area contributed by atoms with E-state index in [1.54, 1.807) is 29.1 Å². The topological polar surface area (TPSA) is 103 Å². The lowest BCUT2D eigenvalue weighted by atomic mass is 10.1. The Morgan fingerprint density at radius 2 is 1.92 bits per heavy atom. The van der Waals surface area contributed by atoms with E-state index in [4.69, 9.17) is 37.3 Å². The first kappa shape index (κ1) is 31.3. The van der Waals surface area contributed by atoms with Gasteiger partial charge < -0.3 is 19.2 Å². The summed E-state index contributed by atoms with van der Waals surface area (Å²) in [5.41, 5.74) is 2.63. The van der Waals surface area contributed by atoms with Gasteiger partial charge in [-0.05, 0) is 59.2 Å². The van der Waals surface area contributed by atoms with Crippen LogP contribution >= 0.6 is 39.1 Å². The molecule has 1 amide bonds. The number of halogens is 3. The second-order valence-corrected chi connectivity index (χ2v) is 17.3. The number of hydrogen-bond acceptors (Lipinski definition) is 6. The highest BCUT2D eigenvalue weighted by Crippen LogP contribution is 2.38. The lowest BCUT2D eigenvalue weighted by Gasteiger charge is -2.39. The van der Waals surface area contributed by atoms with E-state index in [-0.39, 0.29) is 18.2 Å². The summed E-state index contributed by atoms with van der Waals surface area (Å²) in [6, 6.07) is 5.19. The van der Waals surface area contributed by atoms with Crippen LogP contribution in [0.2, 0.25) is 28.3 Å². The van der Waals surface area contributed by atoms with Gasteiger partial charge in [0.25, 0.3) is 0 Å². The molecule has 0 unspecified atom stereocenters. The monoisotopic (exact) mass is 657 g/mol. The van der Waals surface area contributed by atoms with Gasteiger partial charge in [-0.25, -0.2) is 14.8 Å². The average Bonchev–Trinajstić information content (AvgIpc) is 3.16. The molecule has 2 aromatic heterocycles. The van der Waals surface area contributed by atoms with Gasteiger partial charge in [-0.3, -0.25) is 4.68 Å². The van der Waals surface area contributed by atoms with Gasteiger partial charge in [0.1, 0.15) is 23.2 Å². The summed E-state index contributed by atoms with van der Waals surface area (Å²) >= 11 is 16.6. The zero-order valence-corrected chi connectivity index (χ0v) is 27.4. The van der Waals surface area contributed by atoms with Crippen LogP contribution in [0, 0.1) is 6.92 Å². The Morgan fingerprint density at radius 1 is 1.26 bits per heavy atom. The van der Waals surface area contributed by atoms with E-state index in [0.29, 0.717) is 38.6 Å². The quantitative estimate of drug-likeness (QED) is 0.190. The van der Waals surface area contributed by atoms with E-state index in [1.165, 1.54) is 11.9 Å². The van der Waals surface area contributed by atoms with Crippen LogP contribution < -0.4 is 4.74 Å². The first-order valence-corrected chi connectivity index (χ1v) is 16.7. The van der Waals surface area contributed by atoms with E-state index in [0.717, 1.165) is 10.2 Å². The van der Waals surface area contributed by atoms with Crippen LogP contribution in [0.1, 0.15) is 26.3 Å². The van der Waals surface area contributed by atoms with E-state index in [1.807, 2.05) is 14.0 Å². The second kappa shape index (κ2) is 12.1. The number of nitrogens with zero attached hydrogens (tertiary/aromatic N) is 5. The minimum Gasteiger partial charge on any atom is -0.491 e. The van der Waals surface area contributed by atoms with Gasteiger partial charge >= 0.3 is 6.09 Å². The number of aryl methyl sites for hydroxylation is 1. The minimum atomic E-state index is -2.20. The van der Waals surface area contributed by atoms with Crippen molar-refractivity contribution in [3.63, 3.8) is 0 Å². The number of carboxylic acid groups (broad SMARTS) is 1. The van der Waals surface area contributed by atoms with Crippen LogP contribution in [0.15, 0.2) is 28.9 Å². The first-order chi connectivity index (χ1) is 18.0. The molecule has 0 aliphatic carbocycles. The van der Waals surface area contributed by atoms with Crippen LogP contribution in [0.3, 0.4) is 0 Å². The Labute approximate surface area is 248 Å². The van der Waals surface area contributed by atoms with E-state index < -0.39 is 20.5 Å². The lowest BCUT2D eigenvalue weighted by Crippen LogP contribution is -2.49. The number of hydrogen-bond donors (Lipinski definition) is 1. The molecule has 0 aliphatic heterocycles. The summed E-state index contributed by atoms with van der Waals surface area (Å²) in [5, 5.41) is 14.4. The molecule has 1 N–H and O–H groups in total. The number of ether oxygens (including phenoxy) is 1. The number of carbonyl (C=O) groups is 1. The van der Waals surface area contributed by atoms with Gasteiger partial charge in [-0.2, -0.15) is 5.10 Å². The fourth-order valence-corrected chi connectivity index (χ4v) is 5.81. The van der Waals surface area contributed by atoms with E-state index in [2.05, 4.69) is 59.9 Å². The molecule has 39 heavy (non-hydrogen) atoms. The van der Waals surface area contributed by atoms with Gasteiger partial charge in [-0.15, -0.1) is 0 Å². The summed E-state index contributed by atoms with van der Waals surface area (Å²) in [6.45, 7) is 12.8. The molecule has 0 aliphatic rings. The molecule has 0 spiro atoms. The van der Waals surface area contributed by atoms with Crippen molar-refractivity contribution in [2.75, 3.05) is 20.2 Å². The molecular formula is C26H34BrCl2N5O4Si. The second-order valence-electron chi connectivity index (χ2n) is 10.9. The third-order valence-electron chi connectivity index (χ3n) is 6.89. The van der Waals surface area contributed by atoms with Crippen LogP contribution in [-0.2, 0) is 11.5 Å². The zero-order chi connectivity index (χ0) is 29.3. The maximum absolute atomic E-state index is 11.5. The van der Waals surface area contributed by atoms with Crippen molar-refractivity contribution in [3.05, 3.63) is 44.6 Å². The summed E-state index contributed by atoms with van der Waals surface area (Å²) in [7, 11) is 1.14. The number of benzene rings is 1. The van der Waals surface area contributed by atoms with Crippen molar-refractivity contribution in [3.8, 4) is 28.5 Å². The molecule has 3 aromatic rings. The van der Waals surface area contributed by atoms with Crippen molar-refractivity contribution < 1.29 is 19.1 Å². The van der Waals surface area contributed by atoms with Crippen LogP contribution in [-0.4, -0.2) is 70.5 Å². The van der Waals surface area contributed by atoms with Gasteiger partial charge in [0.15, 0.2) is 14.1 Å². The van der Waals surface area contributed by atoms with Gasteiger partial charge in [0, 0.05) is 25.2 Å². The molecule has 0 bridgehead atoms. The van der Waals surface area contributed by atoms with Gasteiger partial charge in [0.05, 0.1) is 34.0 Å². The predicted octanol–water partition coefficient (Wildman–Crippen LogP) is 7.30. The third kappa shape index (κ3) is 7.32. The highest BCUT2D eigenvalue weighted by molar-refractivity contribution is 9.10. The molecule has 0 saturated heterocycles. The molecular weight excluding hydrogens is 625 g/mol. The molecule has 0 saturated carbocycles. The molecule has 13 heteroatoms. The number of likely N-dealkylation sites (N-methyl/N-ethyl adjacent to an activating group) is 1. The summed E-state index contributed by atoms with van der Waals surface area (Å²) in [5.74, 6) is 0.851. The Kier molecular flexibility index (Phi) is 9.75. The van der Waals surface area contributed by atoms with Crippen molar-refractivity contribution in [2.45, 2.75) is 51.9 Å². The third-order valence-corrected chi connectivity index (χ3v) is 12.7. The number of aromatic nitrogens is 4. The fourth-order valence-electron chi connectivity index (χ4n) is 3.57. The molecule has 212 valence electrons. The largest absolute Gasteiger partial charge is 0.491 e. The average molecular weight is 659 g/mol. The van der Waals surface area contributed by atoms with Crippen molar-refractivity contribution in [2.24, 2.45) is 7.05 Å². The highest BCUT2D eigenvalue weighted by atomic mass is 79.9. The Hall–Kier alpha value is -2.18. The SMILES string of the molecule is Cc1c(Cl)nc(-c2cc(OC[C@@H](CN(C)C(=O)O)O[Si](C)(C)C(C)(C)C)ccc2Cl)nc1-c1c(Br)cnn1C. The van der Waals surface area contributed by atoms with E-state index >= 15 is 0 Å². The highest BCUT2D eigenvalue weighted by Gasteiger charge is 2.39. The van der Waals surface area contributed by atoms with Crippen molar-refractivity contribution in [1.29, 1.82) is 0 Å². The molecule has 9 nitrogen and oxygen atoms in total. The molecule has 2 heterocycles. The molecule has 1 atom stereocenters. The number of amides is 1. The van der Waals surface area contributed by atoms with Crippen LogP contribution in [0.25, 0.3) is 22.8 Å². The first-order valence-electron chi connectivity index (χ1n) is 12.3. The Morgan fingerprint density at radius 3 is 2.49 bits per heavy atom. The Balaban J connectivity index is 1.93. The lowest BCUT2D eigenvalue weighted by molar-refractivity contribution is 0.0794. The molecule has 0 radical (unpaired) electrons. The van der Waals surface area contributed by atoms with Gasteiger partial charge in [0.2, 0.25) is 0 Å². The number of rotatable bonds is 9. The predicted molar refractivity (Wildman–Crippen MR) is 160 cm³/mol. The van der Waals surface area contributed by atoms with Crippen LogP contribution in [0.4, 0.5) is 4.79 Å². The van der Waals surface area contributed by atoms with Gasteiger partial charge in [-0.1, -0.05) is 44.0 Å². The maximum Gasteiger partial charge on any atom is 0.407 e. The molecule has 0 fully saturated rings. The summed E-state index contributed by atoms with van der Waals surface area (Å²) in [4.78, 5) is 22.0. The maximum atomic E-state index is 11.5. The molecule has 3 rings (SSSR count). The van der Waals surface area contributed by atoms with E-state index in [9.17, 15) is 9.90 Å². The normalized spacial score (nSPS) is 12.9. The smallest absolute Gasteiger partial charge is 0.407 e. The van der Waals surface area contributed by atoms with Crippen molar-refractivity contribution >= 4 is 53.5 Å². The van der Waals surface area contributed by atoms with Crippen LogP contribution in [0.5, 0.6) is 5.75 Å². The fraction of sp³-hybridized carbons (Fsp3) is 0.462.